The van der Waals surface area contributed by atoms with Crippen molar-refractivity contribution in [3.8, 4) is 10.6 Å². The second kappa shape index (κ2) is 8.13. The van der Waals surface area contributed by atoms with Gasteiger partial charge >= 0.3 is 0 Å². The van der Waals surface area contributed by atoms with E-state index in [9.17, 15) is 0 Å². The predicted octanol–water partition coefficient (Wildman–Crippen LogP) is 4.46. The van der Waals surface area contributed by atoms with Crippen LogP contribution < -0.4 is 4.90 Å². The second-order valence-electron chi connectivity index (χ2n) is 8.06. The van der Waals surface area contributed by atoms with Crippen molar-refractivity contribution in [2.24, 2.45) is 5.92 Å². The number of hydrogen-bond donors (Lipinski definition) is 0. The zero-order chi connectivity index (χ0) is 18.8. The number of piperidine rings is 2. The van der Waals surface area contributed by atoms with Crippen molar-refractivity contribution < 1.29 is 0 Å². The molecule has 2 saturated heterocycles. The third-order valence-corrected chi connectivity index (χ3v) is 7.16. The molecule has 2 aliphatic rings. The number of benzene rings is 1. The molecule has 5 nitrogen and oxygen atoms in total. The number of aromatic nitrogens is 3. The lowest BCUT2D eigenvalue weighted by Crippen LogP contribution is -2.40. The summed E-state index contributed by atoms with van der Waals surface area (Å²) in [6.45, 7) is 6.10. The van der Waals surface area contributed by atoms with Gasteiger partial charge < -0.3 is 9.80 Å². The summed E-state index contributed by atoms with van der Waals surface area (Å²) < 4.78 is 0. The van der Waals surface area contributed by atoms with Gasteiger partial charge in [0.1, 0.15) is 5.01 Å². The van der Waals surface area contributed by atoms with Gasteiger partial charge in [0, 0.05) is 36.8 Å². The first-order chi connectivity index (χ1) is 13.9. The predicted molar refractivity (Wildman–Crippen MR) is 116 cm³/mol. The molecule has 0 bridgehead atoms. The lowest BCUT2D eigenvalue weighted by atomic mass is 9.95. The molecular formula is C22H27N5S. The van der Waals surface area contributed by atoms with Gasteiger partial charge in [0.25, 0.3) is 0 Å². The Balaban J connectivity index is 1.25. The molecule has 4 heterocycles. The van der Waals surface area contributed by atoms with Crippen LogP contribution in [0.1, 0.15) is 32.1 Å². The molecule has 146 valence electrons. The van der Waals surface area contributed by atoms with Gasteiger partial charge in [0.2, 0.25) is 5.13 Å². The molecule has 1 aromatic carbocycles. The maximum atomic E-state index is 4.53. The molecule has 0 aliphatic carbocycles. The van der Waals surface area contributed by atoms with E-state index in [1.165, 1.54) is 51.7 Å². The van der Waals surface area contributed by atoms with Gasteiger partial charge in [-0.05, 0) is 56.8 Å². The smallest absolute Gasteiger partial charge is 0.208 e. The highest BCUT2D eigenvalue weighted by Crippen LogP contribution is 2.34. The van der Waals surface area contributed by atoms with Crippen LogP contribution in [0.4, 0.5) is 5.13 Å². The van der Waals surface area contributed by atoms with Crippen LogP contribution in [0.15, 0.2) is 36.5 Å². The van der Waals surface area contributed by atoms with Crippen molar-refractivity contribution >= 4 is 27.4 Å². The number of fused-ring (bicyclic) bond motifs is 1. The van der Waals surface area contributed by atoms with Crippen molar-refractivity contribution in [1.82, 2.24) is 20.1 Å². The summed E-state index contributed by atoms with van der Waals surface area (Å²) in [4.78, 5) is 9.57. The highest BCUT2D eigenvalue weighted by Gasteiger charge is 2.24. The summed E-state index contributed by atoms with van der Waals surface area (Å²) in [5.74, 6) is 0.839. The first kappa shape index (κ1) is 18.0. The first-order valence-corrected chi connectivity index (χ1v) is 11.3. The summed E-state index contributed by atoms with van der Waals surface area (Å²) in [6.07, 6.45) is 8.56. The Kier molecular flexibility index (Phi) is 5.23. The number of nitrogens with zero attached hydrogens (tertiary/aromatic N) is 5. The normalized spacial score (nSPS) is 19.4. The maximum Gasteiger partial charge on any atom is 0.208 e. The van der Waals surface area contributed by atoms with Gasteiger partial charge in [0.05, 0.1) is 5.52 Å². The van der Waals surface area contributed by atoms with E-state index in [4.69, 9.17) is 0 Å². The third-order valence-electron chi connectivity index (χ3n) is 6.14. The minimum Gasteiger partial charge on any atom is -0.347 e. The Morgan fingerprint density at radius 1 is 0.929 bits per heavy atom. The van der Waals surface area contributed by atoms with Crippen LogP contribution in [0.2, 0.25) is 0 Å². The van der Waals surface area contributed by atoms with Gasteiger partial charge in [-0.2, -0.15) is 0 Å². The molecule has 0 spiro atoms. The molecule has 28 heavy (non-hydrogen) atoms. The van der Waals surface area contributed by atoms with Crippen LogP contribution in [-0.2, 0) is 0 Å². The Morgan fingerprint density at radius 2 is 1.79 bits per heavy atom. The quantitative estimate of drug-likeness (QED) is 0.655. The van der Waals surface area contributed by atoms with Crippen molar-refractivity contribution in [2.75, 3.05) is 37.6 Å². The van der Waals surface area contributed by atoms with Crippen LogP contribution in [0.3, 0.4) is 0 Å². The Morgan fingerprint density at radius 3 is 2.64 bits per heavy atom. The average molecular weight is 394 g/mol. The van der Waals surface area contributed by atoms with Crippen LogP contribution in [0.25, 0.3) is 21.5 Å². The molecule has 0 atom stereocenters. The molecule has 5 rings (SSSR count). The summed E-state index contributed by atoms with van der Waals surface area (Å²) in [5.41, 5.74) is 2.14. The minimum absolute atomic E-state index is 0.839. The Hall–Kier alpha value is -2.05. The van der Waals surface area contributed by atoms with Crippen molar-refractivity contribution in [2.45, 2.75) is 32.1 Å². The molecule has 0 amide bonds. The average Bonchev–Trinajstić information content (AvgIpc) is 3.25. The number of anilines is 1. The van der Waals surface area contributed by atoms with Crippen molar-refractivity contribution in [3.05, 3.63) is 36.5 Å². The highest BCUT2D eigenvalue weighted by atomic mass is 32.1. The highest BCUT2D eigenvalue weighted by molar-refractivity contribution is 7.18. The van der Waals surface area contributed by atoms with Crippen molar-refractivity contribution in [1.29, 1.82) is 0 Å². The largest absolute Gasteiger partial charge is 0.347 e. The van der Waals surface area contributed by atoms with Crippen LogP contribution >= 0.6 is 11.3 Å². The zero-order valence-corrected chi connectivity index (χ0v) is 17.1. The molecule has 0 saturated carbocycles. The van der Waals surface area contributed by atoms with Gasteiger partial charge in [-0.1, -0.05) is 36.0 Å². The van der Waals surface area contributed by atoms with Gasteiger partial charge in [-0.15, -0.1) is 10.2 Å². The van der Waals surface area contributed by atoms with E-state index in [2.05, 4.69) is 43.2 Å². The molecule has 0 N–H and O–H groups in total. The summed E-state index contributed by atoms with van der Waals surface area (Å²) in [5, 5.41) is 12.2. The van der Waals surface area contributed by atoms with Crippen LogP contribution in [0, 0.1) is 5.92 Å². The fraction of sp³-hybridized carbons (Fsp3) is 0.500. The van der Waals surface area contributed by atoms with Crippen molar-refractivity contribution in [3.63, 3.8) is 0 Å². The zero-order valence-electron chi connectivity index (χ0n) is 16.3. The molecule has 0 radical (unpaired) electrons. The number of pyridine rings is 1. The fourth-order valence-corrected chi connectivity index (χ4v) is 5.49. The maximum absolute atomic E-state index is 4.53. The molecule has 0 unspecified atom stereocenters. The minimum atomic E-state index is 0.839. The fourth-order valence-electron chi connectivity index (χ4n) is 4.56. The van der Waals surface area contributed by atoms with E-state index >= 15 is 0 Å². The summed E-state index contributed by atoms with van der Waals surface area (Å²) >= 11 is 1.71. The molecular weight excluding hydrogens is 366 g/mol. The standard InChI is InChI=1S/C22H27N5S/c1-2-12-26(13-3-1)16-17-9-14-27(15-10-17)22-25-24-21(28-22)19-6-4-8-20-18(19)7-5-11-23-20/h4-8,11,17H,1-3,9-10,12-16H2. The molecule has 2 aliphatic heterocycles. The Labute approximate surface area is 170 Å². The number of hydrogen-bond acceptors (Lipinski definition) is 6. The van der Waals surface area contributed by atoms with Crippen LogP contribution in [0.5, 0.6) is 0 Å². The van der Waals surface area contributed by atoms with E-state index in [1.54, 1.807) is 11.3 Å². The van der Waals surface area contributed by atoms with E-state index in [0.717, 1.165) is 45.6 Å². The lowest BCUT2D eigenvalue weighted by molar-refractivity contribution is 0.181. The van der Waals surface area contributed by atoms with Gasteiger partial charge in [-0.3, -0.25) is 4.98 Å². The van der Waals surface area contributed by atoms with E-state index in [-0.39, 0.29) is 0 Å². The van der Waals surface area contributed by atoms with Gasteiger partial charge in [-0.25, -0.2) is 0 Å². The second-order valence-corrected chi connectivity index (χ2v) is 9.01. The lowest BCUT2D eigenvalue weighted by Gasteiger charge is -2.35. The molecule has 2 aromatic heterocycles. The third kappa shape index (κ3) is 3.76. The first-order valence-electron chi connectivity index (χ1n) is 10.5. The molecule has 6 heteroatoms. The monoisotopic (exact) mass is 393 g/mol. The molecule has 2 fully saturated rings. The topological polar surface area (TPSA) is 45.2 Å². The van der Waals surface area contributed by atoms with Gasteiger partial charge in [0.15, 0.2) is 0 Å². The summed E-state index contributed by atoms with van der Waals surface area (Å²) in [7, 11) is 0. The van der Waals surface area contributed by atoms with E-state index < -0.39 is 0 Å². The van der Waals surface area contributed by atoms with Crippen LogP contribution in [-0.4, -0.2) is 52.8 Å². The van der Waals surface area contributed by atoms with E-state index in [0.29, 0.717) is 0 Å². The number of rotatable bonds is 4. The summed E-state index contributed by atoms with van der Waals surface area (Å²) in [6, 6.07) is 10.3. The SMILES string of the molecule is c1cc(-c2nnc(N3CCC(CN4CCCCC4)CC3)s2)c2cccnc2c1. The Bertz CT molecular complexity index is 920. The number of likely N-dealkylation sites (tertiary alicyclic amines) is 1. The molecule has 3 aromatic rings. The van der Waals surface area contributed by atoms with E-state index in [1.807, 2.05) is 18.3 Å².